The van der Waals surface area contributed by atoms with E-state index < -0.39 is 17.6 Å². The number of fused-ring (bicyclic) bond motifs is 1. The number of allylic oxidation sites excluding steroid dienone is 1. The third-order valence-electron chi connectivity index (χ3n) is 4.81. The van der Waals surface area contributed by atoms with Gasteiger partial charge in [-0.2, -0.15) is 0 Å². The molecule has 0 saturated carbocycles. The highest BCUT2D eigenvalue weighted by Gasteiger charge is 2.28. The predicted molar refractivity (Wildman–Crippen MR) is 109 cm³/mol. The first-order chi connectivity index (χ1) is 13.6. The van der Waals surface area contributed by atoms with E-state index in [0.29, 0.717) is 41.4 Å². The molecule has 0 amide bonds. The molecule has 0 aromatic heterocycles. The van der Waals surface area contributed by atoms with Crippen molar-refractivity contribution in [3.8, 4) is 5.75 Å². The van der Waals surface area contributed by atoms with Crippen LogP contribution in [0.2, 0.25) is 0 Å². The molecule has 1 unspecified atom stereocenters. The number of nitrogens with two attached hydrogens (primary N) is 2. The van der Waals surface area contributed by atoms with Gasteiger partial charge >= 0.3 is 5.97 Å². The maximum atomic E-state index is 13.3. The van der Waals surface area contributed by atoms with Gasteiger partial charge in [0.05, 0.1) is 5.69 Å². The van der Waals surface area contributed by atoms with Crippen molar-refractivity contribution in [2.24, 2.45) is 11.5 Å². The largest absolute Gasteiger partial charge is 0.458 e. The summed E-state index contributed by atoms with van der Waals surface area (Å²) in [6.07, 6.45) is 1.12. The fraction of sp³-hybridized carbons (Fsp3) is 0.318. The molecule has 1 aliphatic rings. The average molecular weight is 399 g/mol. The van der Waals surface area contributed by atoms with Crippen molar-refractivity contribution in [2.75, 3.05) is 5.32 Å². The smallest absolute Gasteiger partial charge is 0.328 e. The third kappa shape index (κ3) is 5.06. The summed E-state index contributed by atoms with van der Waals surface area (Å²) in [7, 11) is 0. The Kier molecular flexibility index (Phi) is 5.79. The molecule has 1 heterocycles. The molecule has 7 heteroatoms. The average Bonchev–Trinajstić information content (AvgIpc) is 2.66. The second-order valence-electron chi connectivity index (χ2n) is 7.74. The van der Waals surface area contributed by atoms with Crippen molar-refractivity contribution in [1.29, 1.82) is 0 Å². The summed E-state index contributed by atoms with van der Waals surface area (Å²) in [5.41, 5.74) is 13.3. The number of halogens is 1. The Labute approximate surface area is 169 Å². The lowest BCUT2D eigenvalue weighted by molar-refractivity contribution is -0.158. The first-order valence-corrected chi connectivity index (χ1v) is 9.43. The molecular weight excluding hydrogens is 373 g/mol. The molecule has 0 aliphatic carbocycles. The number of aryl methyl sites for hydroxylation is 1. The summed E-state index contributed by atoms with van der Waals surface area (Å²) >= 11 is 0. The number of anilines is 1. The molecule has 154 valence electrons. The van der Waals surface area contributed by atoms with Crippen LogP contribution in [-0.2, 0) is 16.0 Å². The van der Waals surface area contributed by atoms with Crippen molar-refractivity contribution in [3.63, 3.8) is 0 Å². The third-order valence-corrected chi connectivity index (χ3v) is 4.81. The molecule has 29 heavy (non-hydrogen) atoms. The SMILES string of the molecule is CC1=C(N)Nc2cc(C(N)C(=O)OC(C)(C)CCc3cccc(F)c3)ccc2O1. The quantitative estimate of drug-likeness (QED) is 0.640. The highest BCUT2D eigenvalue weighted by Crippen LogP contribution is 2.33. The lowest BCUT2D eigenvalue weighted by Crippen LogP contribution is -2.34. The second kappa shape index (κ2) is 8.13. The van der Waals surface area contributed by atoms with Crippen LogP contribution in [0, 0.1) is 5.82 Å². The van der Waals surface area contributed by atoms with E-state index in [0.717, 1.165) is 5.56 Å². The van der Waals surface area contributed by atoms with E-state index in [-0.39, 0.29) is 5.82 Å². The molecule has 5 N–H and O–H groups in total. The molecule has 3 rings (SSSR count). The van der Waals surface area contributed by atoms with Gasteiger partial charge in [0.15, 0.2) is 5.75 Å². The number of carbonyl (C=O) groups is 1. The van der Waals surface area contributed by atoms with Gasteiger partial charge in [-0.25, -0.2) is 9.18 Å². The zero-order valence-corrected chi connectivity index (χ0v) is 16.8. The lowest BCUT2D eigenvalue weighted by atomic mass is 9.98. The Hall–Kier alpha value is -3.06. The minimum atomic E-state index is -0.955. The molecule has 0 saturated heterocycles. The fourth-order valence-corrected chi connectivity index (χ4v) is 3.04. The van der Waals surface area contributed by atoms with Crippen LogP contribution in [-0.4, -0.2) is 11.6 Å². The van der Waals surface area contributed by atoms with Gasteiger partial charge in [0, 0.05) is 0 Å². The van der Waals surface area contributed by atoms with Gasteiger partial charge in [-0.1, -0.05) is 18.2 Å². The van der Waals surface area contributed by atoms with E-state index in [2.05, 4.69) is 5.32 Å². The number of hydrogen-bond acceptors (Lipinski definition) is 6. The highest BCUT2D eigenvalue weighted by molar-refractivity contribution is 5.79. The topological polar surface area (TPSA) is 99.6 Å². The molecule has 1 aliphatic heterocycles. The van der Waals surface area contributed by atoms with Crippen LogP contribution >= 0.6 is 0 Å². The van der Waals surface area contributed by atoms with Gasteiger partial charge in [0.25, 0.3) is 0 Å². The monoisotopic (exact) mass is 399 g/mol. The van der Waals surface area contributed by atoms with E-state index in [9.17, 15) is 9.18 Å². The van der Waals surface area contributed by atoms with Crippen LogP contribution in [0.15, 0.2) is 54.0 Å². The minimum absolute atomic E-state index is 0.282. The minimum Gasteiger partial charge on any atom is -0.458 e. The van der Waals surface area contributed by atoms with Gasteiger partial charge in [-0.3, -0.25) is 0 Å². The number of rotatable bonds is 6. The molecule has 2 aromatic rings. The number of hydrogen-bond donors (Lipinski definition) is 3. The number of nitrogens with one attached hydrogen (secondary N) is 1. The second-order valence-corrected chi connectivity index (χ2v) is 7.74. The molecular formula is C22H26FN3O3. The van der Waals surface area contributed by atoms with Crippen molar-refractivity contribution >= 4 is 11.7 Å². The van der Waals surface area contributed by atoms with Gasteiger partial charge < -0.3 is 26.3 Å². The van der Waals surface area contributed by atoms with Crippen molar-refractivity contribution in [3.05, 3.63) is 71.0 Å². The Balaban J connectivity index is 1.63. The van der Waals surface area contributed by atoms with Gasteiger partial charge in [-0.15, -0.1) is 0 Å². The first-order valence-electron chi connectivity index (χ1n) is 9.43. The van der Waals surface area contributed by atoms with E-state index in [4.69, 9.17) is 20.9 Å². The molecule has 0 spiro atoms. The van der Waals surface area contributed by atoms with Crippen LogP contribution < -0.4 is 21.5 Å². The maximum absolute atomic E-state index is 13.3. The van der Waals surface area contributed by atoms with Crippen molar-refractivity contribution in [2.45, 2.75) is 45.3 Å². The van der Waals surface area contributed by atoms with Crippen LogP contribution in [0.4, 0.5) is 10.1 Å². The Morgan fingerprint density at radius 2 is 2.03 bits per heavy atom. The predicted octanol–water partition coefficient (Wildman–Crippen LogP) is 3.73. The Morgan fingerprint density at radius 1 is 1.28 bits per heavy atom. The van der Waals surface area contributed by atoms with Gasteiger partial charge in [0.2, 0.25) is 0 Å². The summed E-state index contributed by atoms with van der Waals surface area (Å²) in [4.78, 5) is 12.6. The zero-order chi connectivity index (χ0) is 21.2. The Bertz CT molecular complexity index is 956. The van der Waals surface area contributed by atoms with Crippen LogP contribution in [0.5, 0.6) is 5.75 Å². The van der Waals surface area contributed by atoms with Gasteiger partial charge in [-0.05, 0) is 69.0 Å². The van der Waals surface area contributed by atoms with Crippen molar-refractivity contribution in [1.82, 2.24) is 0 Å². The molecule has 0 fully saturated rings. The zero-order valence-electron chi connectivity index (χ0n) is 16.8. The summed E-state index contributed by atoms with van der Waals surface area (Å²) < 4.78 is 24.6. The summed E-state index contributed by atoms with van der Waals surface area (Å²) in [5, 5.41) is 3.03. The molecule has 2 aromatic carbocycles. The number of esters is 1. The Morgan fingerprint density at radius 3 is 2.76 bits per heavy atom. The van der Waals surface area contributed by atoms with Crippen LogP contribution in [0.25, 0.3) is 0 Å². The molecule has 0 bridgehead atoms. The number of carbonyl (C=O) groups excluding carboxylic acids is 1. The summed E-state index contributed by atoms with van der Waals surface area (Å²) in [6, 6.07) is 10.6. The van der Waals surface area contributed by atoms with E-state index in [1.54, 1.807) is 31.2 Å². The number of ether oxygens (including phenoxy) is 2. The molecule has 6 nitrogen and oxygen atoms in total. The lowest BCUT2D eigenvalue weighted by Gasteiger charge is -2.27. The fourth-order valence-electron chi connectivity index (χ4n) is 3.04. The van der Waals surface area contributed by atoms with E-state index >= 15 is 0 Å². The van der Waals surface area contributed by atoms with Gasteiger partial charge in [0.1, 0.15) is 29.0 Å². The summed E-state index contributed by atoms with van der Waals surface area (Å²) in [5.74, 6) is 0.773. The molecule has 1 atom stereocenters. The first kappa shape index (κ1) is 20.7. The van der Waals surface area contributed by atoms with E-state index in [1.165, 1.54) is 12.1 Å². The van der Waals surface area contributed by atoms with E-state index in [1.807, 2.05) is 19.9 Å². The maximum Gasteiger partial charge on any atom is 0.328 e. The van der Waals surface area contributed by atoms with Crippen LogP contribution in [0.3, 0.4) is 0 Å². The summed E-state index contributed by atoms with van der Waals surface area (Å²) in [6.45, 7) is 5.38. The normalized spacial score (nSPS) is 14.5. The highest BCUT2D eigenvalue weighted by atomic mass is 19.1. The van der Waals surface area contributed by atoms with Crippen LogP contribution in [0.1, 0.15) is 44.4 Å². The standard InChI is InChI=1S/C22H26FN3O3/c1-13-20(25)26-17-12-15(7-8-18(17)28-13)19(24)21(27)29-22(2,3)10-9-14-5-4-6-16(23)11-14/h4-8,11-12,19,26H,9-10,24-25H2,1-3H3. The molecule has 0 radical (unpaired) electrons. The number of benzene rings is 2. The van der Waals surface area contributed by atoms with Crippen molar-refractivity contribution < 1.29 is 18.7 Å².